The van der Waals surface area contributed by atoms with Crippen molar-refractivity contribution in [3.05, 3.63) is 35.5 Å². The van der Waals surface area contributed by atoms with Crippen LogP contribution in [0.5, 0.6) is 0 Å². The van der Waals surface area contributed by atoms with Gasteiger partial charge in [0.25, 0.3) is 0 Å². The summed E-state index contributed by atoms with van der Waals surface area (Å²) in [6.07, 6.45) is 4.85. The Labute approximate surface area is 140 Å². The first-order chi connectivity index (χ1) is 11.1. The number of nitrogen functional groups attached to an aromatic ring is 1. The smallest absolute Gasteiger partial charge is 0.132 e. The molecule has 1 aliphatic rings. The molecule has 2 aromatic rings. The number of ketones is 1. The van der Waals surface area contributed by atoms with E-state index in [1.807, 2.05) is 18.2 Å². The predicted molar refractivity (Wildman–Crippen MR) is 92.3 cm³/mol. The van der Waals surface area contributed by atoms with E-state index < -0.39 is 0 Å². The molecule has 1 fully saturated rings. The third kappa shape index (κ3) is 3.99. The van der Waals surface area contributed by atoms with Crippen molar-refractivity contribution < 1.29 is 4.79 Å². The molecule has 1 saturated carbocycles. The highest BCUT2D eigenvalue weighted by molar-refractivity contribution is 6.33. The lowest BCUT2D eigenvalue weighted by molar-refractivity contribution is -0.120. The fourth-order valence-corrected chi connectivity index (χ4v) is 2.99. The van der Waals surface area contributed by atoms with Crippen LogP contribution in [0.1, 0.15) is 25.7 Å². The van der Waals surface area contributed by atoms with Crippen molar-refractivity contribution in [2.45, 2.75) is 25.7 Å². The lowest BCUT2D eigenvalue weighted by atomic mass is 9.88. The molecule has 3 rings (SSSR count). The minimum Gasteiger partial charge on any atom is -0.384 e. The summed E-state index contributed by atoms with van der Waals surface area (Å²) in [5, 5.41) is 3.88. The Balaban J connectivity index is 1.70. The summed E-state index contributed by atoms with van der Waals surface area (Å²) in [5.41, 5.74) is 7.26. The average Bonchev–Trinajstić information content (AvgIpc) is 2.57. The number of halogens is 1. The molecule has 0 unspecified atom stereocenters. The molecule has 0 aliphatic heterocycles. The molecule has 0 aromatic carbocycles. The number of rotatable bonds is 4. The number of carbonyl (C=O) groups is 1. The SMILES string of the molecule is Nc1cc(-c2cccc(NCC3CCC(=O)CC3)n2)c(Cl)cn1. The number of pyridine rings is 2. The number of hydrogen-bond donors (Lipinski definition) is 2. The van der Waals surface area contributed by atoms with Crippen LogP contribution in [0.4, 0.5) is 11.6 Å². The first kappa shape index (κ1) is 15.7. The molecule has 0 spiro atoms. The highest BCUT2D eigenvalue weighted by Crippen LogP contribution is 2.28. The van der Waals surface area contributed by atoms with Crippen LogP contribution in [0.25, 0.3) is 11.3 Å². The van der Waals surface area contributed by atoms with Gasteiger partial charge in [0.05, 0.1) is 10.7 Å². The molecule has 0 saturated heterocycles. The number of nitrogens with two attached hydrogens (primary N) is 1. The number of carbonyl (C=O) groups excluding carboxylic acids is 1. The molecule has 0 atom stereocenters. The average molecular weight is 331 g/mol. The second-order valence-corrected chi connectivity index (χ2v) is 6.27. The molecule has 0 amide bonds. The summed E-state index contributed by atoms with van der Waals surface area (Å²) in [4.78, 5) is 19.8. The minimum atomic E-state index is 0.381. The van der Waals surface area contributed by atoms with E-state index in [9.17, 15) is 4.79 Å². The lowest BCUT2D eigenvalue weighted by Crippen LogP contribution is -2.21. The summed E-state index contributed by atoms with van der Waals surface area (Å²) in [7, 11) is 0. The van der Waals surface area contributed by atoms with Gasteiger partial charge in [0.1, 0.15) is 17.4 Å². The van der Waals surface area contributed by atoms with Gasteiger partial charge in [-0.3, -0.25) is 4.79 Å². The molecule has 120 valence electrons. The maximum atomic E-state index is 11.3. The maximum Gasteiger partial charge on any atom is 0.132 e. The molecular weight excluding hydrogens is 312 g/mol. The van der Waals surface area contributed by atoms with Crippen molar-refractivity contribution in [2.24, 2.45) is 5.92 Å². The van der Waals surface area contributed by atoms with Crippen LogP contribution < -0.4 is 11.1 Å². The Bertz CT molecular complexity index is 709. The molecule has 23 heavy (non-hydrogen) atoms. The zero-order valence-corrected chi connectivity index (χ0v) is 13.5. The number of aromatic nitrogens is 2. The molecule has 2 heterocycles. The van der Waals surface area contributed by atoms with Gasteiger partial charge in [0.2, 0.25) is 0 Å². The molecule has 2 aromatic heterocycles. The van der Waals surface area contributed by atoms with E-state index >= 15 is 0 Å². The van der Waals surface area contributed by atoms with E-state index in [4.69, 9.17) is 17.3 Å². The van der Waals surface area contributed by atoms with Crippen LogP contribution in [-0.2, 0) is 4.79 Å². The van der Waals surface area contributed by atoms with Crippen LogP contribution >= 0.6 is 11.6 Å². The van der Waals surface area contributed by atoms with E-state index in [2.05, 4.69) is 15.3 Å². The monoisotopic (exact) mass is 330 g/mol. The third-order valence-corrected chi connectivity index (χ3v) is 4.44. The maximum absolute atomic E-state index is 11.3. The van der Waals surface area contributed by atoms with Crippen molar-refractivity contribution in [1.29, 1.82) is 0 Å². The molecule has 3 N–H and O–H groups in total. The van der Waals surface area contributed by atoms with Crippen LogP contribution in [0.2, 0.25) is 5.02 Å². The van der Waals surface area contributed by atoms with Crippen LogP contribution in [0, 0.1) is 5.92 Å². The molecule has 0 radical (unpaired) electrons. The lowest BCUT2D eigenvalue weighted by Gasteiger charge is -2.21. The highest BCUT2D eigenvalue weighted by Gasteiger charge is 2.18. The normalized spacial score (nSPS) is 15.6. The van der Waals surface area contributed by atoms with Gasteiger partial charge in [0, 0.05) is 31.1 Å². The van der Waals surface area contributed by atoms with E-state index in [1.54, 1.807) is 6.07 Å². The summed E-state index contributed by atoms with van der Waals surface area (Å²) in [5.74, 6) is 2.12. The Morgan fingerprint density at radius 2 is 2.09 bits per heavy atom. The second-order valence-electron chi connectivity index (χ2n) is 5.86. The Kier molecular flexibility index (Phi) is 4.76. The Hall–Kier alpha value is -2.14. The van der Waals surface area contributed by atoms with Gasteiger partial charge >= 0.3 is 0 Å². The standard InChI is InChI=1S/C17H19ClN4O/c18-14-10-20-16(19)8-13(14)15-2-1-3-17(22-15)21-9-11-4-6-12(23)7-5-11/h1-3,8,10-11H,4-7,9H2,(H2,19,20)(H,21,22). The first-order valence-corrected chi connectivity index (χ1v) is 8.13. The summed E-state index contributed by atoms with van der Waals surface area (Å²) < 4.78 is 0. The van der Waals surface area contributed by atoms with Gasteiger partial charge in [-0.25, -0.2) is 9.97 Å². The summed E-state index contributed by atoms with van der Waals surface area (Å²) in [6.45, 7) is 0.829. The number of nitrogens with one attached hydrogen (secondary N) is 1. The van der Waals surface area contributed by atoms with Crippen molar-refractivity contribution in [3.8, 4) is 11.3 Å². The fourth-order valence-electron chi connectivity index (χ4n) is 2.79. The molecule has 5 nitrogen and oxygen atoms in total. The molecule has 0 bridgehead atoms. The quantitative estimate of drug-likeness (QED) is 0.896. The molecular formula is C17H19ClN4O. The number of nitrogens with zero attached hydrogens (tertiary/aromatic N) is 2. The predicted octanol–water partition coefficient (Wildman–Crippen LogP) is 3.55. The van der Waals surface area contributed by atoms with E-state index in [1.165, 1.54) is 6.20 Å². The van der Waals surface area contributed by atoms with Gasteiger partial charge in [-0.15, -0.1) is 0 Å². The van der Waals surface area contributed by atoms with Gasteiger partial charge in [-0.05, 0) is 37.0 Å². The van der Waals surface area contributed by atoms with Gasteiger partial charge in [0.15, 0.2) is 0 Å². The second kappa shape index (κ2) is 6.96. The van der Waals surface area contributed by atoms with Gasteiger partial charge in [-0.1, -0.05) is 17.7 Å². The zero-order valence-electron chi connectivity index (χ0n) is 12.8. The Morgan fingerprint density at radius 1 is 1.30 bits per heavy atom. The van der Waals surface area contributed by atoms with E-state index in [-0.39, 0.29) is 0 Å². The van der Waals surface area contributed by atoms with E-state index in [0.29, 0.717) is 35.4 Å². The summed E-state index contributed by atoms with van der Waals surface area (Å²) >= 11 is 6.19. The molecule has 1 aliphatic carbocycles. The topological polar surface area (TPSA) is 80.9 Å². The fraction of sp³-hybridized carbons (Fsp3) is 0.353. The zero-order chi connectivity index (χ0) is 16.2. The minimum absolute atomic E-state index is 0.381. The van der Waals surface area contributed by atoms with Gasteiger partial charge in [-0.2, -0.15) is 0 Å². The summed E-state index contributed by atoms with van der Waals surface area (Å²) in [6, 6.07) is 7.48. The third-order valence-electron chi connectivity index (χ3n) is 4.14. The van der Waals surface area contributed by atoms with Crippen molar-refractivity contribution in [3.63, 3.8) is 0 Å². The number of hydrogen-bond acceptors (Lipinski definition) is 5. The molecule has 6 heteroatoms. The Morgan fingerprint density at radius 3 is 2.87 bits per heavy atom. The largest absolute Gasteiger partial charge is 0.384 e. The van der Waals surface area contributed by atoms with Crippen LogP contribution in [0.15, 0.2) is 30.5 Å². The highest BCUT2D eigenvalue weighted by atomic mass is 35.5. The number of Topliss-reactive ketones (excluding diaryl/α,β-unsaturated/α-hetero) is 1. The van der Waals surface area contributed by atoms with Crippen molar-refractivity contribution in [2.75, 3.05) is 17.6 Å². The number of anilines is 2. The van der Waals surface area contributed by atoms with Gasteiger partial charge < -0.3 is 11.1 Å². The van der Waals surface area contributed by atoms with Crippen molar-refractivity contribution in [1.82, 2.24) is 9.97 Å². The van der Waals surface area contributed by atoms with E-state index in [0.717, 1.165) is 36.5 Å². The van der Waals surface area contributed by atoms with Crippen LogP contribution in [-0.4, -0.2) is 22.3 Å². The van der Waals surface area contributed by atoms with Crippen LogP contribution in [0.3, 0.4) is 0 Å². The van der Waals surface area contributed by atoms with Crippen molar-refractivity contribution >= 4 is 29.0 Å². The first-order valence-electron chi connectivity index (χ1n) is 7.76.